The highest BCUT2D eigenvalue weighted by atomic mass is 16.7. The van der Waals surface area contributed by atoms with Crippen molar-refractivity contribution < 1.29 is 14.3 Å². The highest BCUT2D eigenvalue weighted by Crippen LogP contribution is 2.50. The summed E-state index contributed by atoms with van der Waals surface area (Å²) >= 11 is 0. The molecule has 3 heterocycles. The number of piperidine rings is 1. The summed E-state index contributed by atoms with van der Waals surface area (Å²) in [7, 11) is 0. The number of amides is 1. The molecule has 25 heavy (non-hydrogen) atoms. The molecule has 128 valence electrons. The number of hydrogen-bond donors (Lipinski definition) is 1. The fourth-order valence-corrected chi connectivity index (χ4v) is 4.28. The molecular weight excluding hydrogens is 316 g/mol. The highest BCUT2D eigenvalue weighted by Gasteiger charge is 2.56. The third-order valence-corrected chi connectivity index (χ3v) is 5.79. The molecule has 5 nitrogen and oxygen atoms in total. The molecule has 1 spiro atoms. The molecule has 0 bridgehead atoms. The van der Waals surface area contributed by atoms with Crippen LogP contribution in [0.3, 0.4) is 0 Å². The molecule has 3 aliphatic rings. The number of carbonyl (C=O) groups excluding carboxylic acids is 1. The molecule has 2 fully saturated rings. The SMILES string of the molecule is O=C1NC(c2ccccc2)C12CCN(c1ccc3c(c1)OCO3)CC2. The van der Waals surface area contributed by atoms with Crippen molar-refractivity contribution in [3.63, 3.8) is 0 Å². The Morgan fingerprint density at radius 3 is 2.52 bits per heavy atom. The number of anilines is 1. The van der Waals surface area contributed by atoms with Crippen LogP contribution in [-0.4, -0.2) is 25.8 Å². The number of hydrogen-bond acceptors (Lipinski definition) is 4. The van der Waals surface area contributed by atoms with Gasteiger partial charge in [-0.05, 0) is 30.5 Å². The van der Waals surface area contributed by atoms with Gasteiger partial charge in [-0.1, -0.05) is 30.3 Å². The molecule has 0 radical (unpaired) electrons. The number of fused-ring (bicyclic) bond motifs is 1. The summed E-state index contributed by atoms with van der Waals surface area (Å²) in [5, 5.41) is 3.11. The maximum Gasteiger partial charge on any atom is 0.231 e. The average Bonchev–Trinajstić information content (AvgIpc) is 3.14. The molecule has 1 unspecified atom stereocenters. The van der Waals surface area contributed by atoms with E-state index in [9.17, 15) is 4.79 Å². The Balaban J connectivity index is 1.34. The largest absolute Gasteiger partial charge is 0.454 e. The summed E-state index contributed by atoms with van der Waals surface area (Å²) in [4.78, 5) is 14.8. The Bertz CT molecular complexity index is 813. The standard InChI is InChI=1S/C20H20N2O3/c23-19-20(18(21-19)14-4-2-1-3-5-14)8-10-22(11-9-20)15-6-7-16-17(12-15)25-13-24-16/h1-7,12,18H,8-11,13H2,(H,21,23). The topological polar surface area (TPSA) is 50.8 Å². The Hall–Kier alpha value is -2.69. The van der Waals surface area contributed by atoms with Crippen LogP contribution in [0.4, 0.5) is 5.69 Å². The Morgan fingerprint density at radius 1 is 1.00 bits per heavy atom. The molecule has 5 heteroatoms. The van der Waals surface area contributed by atoms with Crippen molar-refractivity contribution in [3.05, 3.63) is 54.1 Å². The predicted octanol–water partition coefficient (Wildman–Crippen LogP) is 2.87. The van der Waals surface area contributed by atoms with Gasteiger partial charge in [-0.25, -0.2) is 0 Å². The molecule has 2 aromatic rings. The zero-order valence-electron chi connectivity index (χ0n) is 13.9. The molecule has 1 N–H and O–H groups in total. The van der Waals surface area contributed by atoms with Gasteiger partial charge >= 0.3 is 0 Å². The van der Waals surface area contributed by atoms with Gasteiger partial charge in [0.15, 0.2) is 11.5 Å². The van der Waals surface area contributed by atoms with Crippen LogP contribution in [0, 0.1) is 5.41 Å². The van der Waals surface area contributed by atoms with Gasteiger partial charge in [0.05, 0.1) is 11.5 Å². The van der Waals surface area contributed by atoms with Gasteiger partial charge < -0.3 is 19.7 Å². The number of rotatable bonds is 2. The summed E-state index contributed by atoms with van der Waals surface area (Å²) in [6.07, 6.45) is 1.74. The van der Waals surface area contributed by atoms with Crippen LogP contribution in [-0.2, 0) is 4.79 Å². The molecule has 1 atom stereocenters. The maximum absolute atomic E-state index is 12.4. The second-order valence-electron chi connectivity index (χ2n) is 7.00. The fourth-order valence-electron chi connectivity index (χ4n) is 4.28. The number of nitrogens with one attached hydrogen (secondary N) is 1. The van der Waals surface area contributed by atoms with Gasteiger partial charge in [0.25, 0.3) is 0 Å². The molecular formula is C20H20N2O3. The van der Waals surface area contributed by atoms with Crippen molar-refractivity contribution in [1.82, 2.24) is 5.32 Å². The van der Waals surface area contributed by atoms with Gasteiger partial charge in [-0.3, -0.25) is 4.79 Å². The van der Waals surface area contributed by atoms with E-state index in [0.29, 0.717) is 6.79 Å². The minimum Gasteiger partial charge on any atom is -0.454 e. The zero-order chi connectivity index (χ0) is 16.9. The van der Waals surface area contributed by atoms with Crippen molar-refractivity contribution in [2.24, 2.45) is 5.41 Å². The lowest BCUT2D eigenvalue weighted by Gasteiger charge is -2.53. The van der Waals surface area contributed by atoms with Crippen molar-refractivity contribution >= 4 is 11.6 Å². The smallest absolute Gasteiger partial charge is 0.231 e. The normalized spacial score (nSPS) is 23.3. The summed E-state index contributed by atoms with van der Waals surface area (Å²) in [5.41, 5.74) is 2.09. The van der Waals surface area contributed by atoms with E-state index in [0.717, 1.165) is 43.1 Å². The van der Waals surface area contributed by atoms with E-state index in [1.807, 2.05) is 30.3 Å². The first-order chi connectivity index (χ1) is 12.3. The van der Waals surface area contributed by atoms with E-state index in [2.05, 4.69) is 28.4 Å². The molecule has 2 saturated heterocycles. The minimum absolute atomic E-state index is 0.139. The lowest BCUT2D eigenvalue weighted by atomic mass is 9.64. The number of benzene rings is 2. The van der Waals surface area contributed by atoms with Crippen LogP contribution in [0.2, 0.25) is 0 Å². The first-order valence-corrected chi connectivity index (χ1v) is 8.77. The van der Waals surface area contributed by atoms with Crippen LogP contribution in [0.15, 0.2) is 48.5 Å². The quantitative estimate of drug-likeness (QED) is 0.857. The predicted molar refractivity (Wildman–Crippen MR) is 93.8 cm³/mol. The summed E-state index contributed by atoms with van der Waals surface area (Å²) in [5.74, 6) is 1.81. The molecule has 0 aromatic heterocycles. The van der Waals surface area contributed by atoms with Crippen molar-refractivity contribution in [2.45, 2.75) is 18.9 Å². The van der Waals surface area contributed by atoms with Crippen molar-refractivity contribution in [1.29, 1.82) is 0 Å². The Labute approximate surface area is 146 Å². The third-order valence-electron chi connectivity index (χ3n) is 5.79. The molecule has 0 aliphatic carbocycles. The minimum atomic E-state index is -0.256. The molecule has 1 amide bonds. The lowest BCUT2D eigenvalue weighted by Crippen LogP contribution is -2.64. The summed E-state index contributed by atoms with van der Waals surface area (Å²) in [6, 6.07) is 16.5. The van der Waals surface area contributed by atoms with Gasteiger partial charge in [0.1, 0.15) is 0 Å². The third kappa shape index (κ3) is 2.18. The number of nitrogens with zero attached hydrogens (tertiary/aromatic N) is 1. The monoisotopic (exact) mass is 336 g/mol. The van der Waals surface area contributed by atoms with Gasteiger partial charge in [0.2, 0.25) is 12.7 Å². The van der Waals surface area contributed by atoms with Crippen LogP contribution in [0.25, 0.3) is 0 Å². The van der Waals surface area contributed by atoms with Crippen molar-refractivity contribution in [2.75, 3.05) is 24.8 Å². The molecule has 0 saturated carbocycles. The van der Waals surface area contributed by atoms with E-state index in [-0.39, 0.29) is 17.4 Å². The zero-order valence-corrected chi connectivity index (χ0v) is 13.9. The lowest BCUT2D eigenvalue weighted by molar-refractivity contribution is -0.148. The molecule has 3 aliphatic heterocycles. The fraction of sp³-hybridized carbons (Fsp3) is 0.350. The van der Waals surface area contributed by atoms with E-state index in [4.69, 9.17) is 9.47 Å². The van der Waals surface area contributed by atoms with Crippen LogP contribution in [0.1, 0.15) is 24.4 Å². The first kappa shape index (κ1) is 14.6. The van der Waals surface area contributed by atoms with E-state index >= 15 is 0 Å². The van der Waals surface area contributed by atoms with Crippen LogP contribution >= 0.6 is 0 Å². The Kier molecular flexibility index (Phi) is 3.17. The number of carbonyl (C=O) groups is 1. The van der Waals surface area contributed by atoms with Crippen LogP contribution < -0.4 is 19.7 Å². The molecule has 2 aromatic carbocycles. The second kappa shape index (κ2) is 5.41. The first-order valence-electron chi connectivity index (χ1n) is 8.77. The Morgan fingerprint density at radius 2 is 1.76 bits per heavy atom. The van der Waals surface area contributed by atoms with E-state index < -0.39 is 0 Å². The maximum atomic E-state index is 12.4. The average molecular weight is 336 g/mol. The van der Waals surface area contributed by atoms with Gasteiger partial charge in [-0.2, -0.15) is 0 Å². The summed E-state index contributed by atoms with van der Waals surface area (Å²) in [6.45, 7) is 2.04. The van der Waals surface area contributed by atoms with E-state index in [1.54, 1.807) is 0 Å². The highest BCUT2D eigenvalue weighted by molar-refractivity contribution is 5.91. The van der Waals surface area contributed by atoms with Gasteiger partial charge in [0, 0.05) is 24.8 Å². The van der Waals surface area contributed by atoms with E-state index in [1.165, 1.54) is 5.56 Å². The number of β-lactam (4-membered cyclic amide) rings is 1. The van der Waals surface area contributed by atoms with Crippen molar-refractivity contribution in [3.8, 4) is 11.5 Å². The summed E-state index contributed by atoms with van der Waals surface area (Å²) < 4.78 is 10.9. The molecule has 5 rings (SSSR count). The van der Waals surface area contributed by atoms with Gasteiger partial charge in [-0.15, -0.1) is 0 Å². The second-order valence-corrected chi connectivity index (χ2v) is 7.00. The number of ether oxygens (including phenoxy) is 2. The van der Waals surface area contributed by atoms with Crippen LogP contribution in [0.5, 0.6) is 11.5 Å².